The van der Waals surface area contributed by atoms with E-state index < -0.39 is 34.5 Å². The summed E-state index contributed by atoms with van der Waals surface area (Å²) in [6.07, 6.45) is 0. The van der Waals surface area contributed by atoms with Crippen molar-refractivity contribution in [3.63, 3.8) is 0 Å². The molecule has 4 aromatic rings. The molecule has 0 aromatic heterocycles. The Labute approximate surface area is 285 Å². The van der Waals surface area contributed by atoms with Crippen molar-refractivity contribution in [1.82, 2.24) is 0 Å². The Bertz CT molecular complexity index is 1790. The van der Waals surface area contributed by atoms with Crippen molar-refractivity contribution in [2.75, 3.05) is 21.7 Å². The summed E-state index contributed by atoms with van der Waals surface area (Å²) in [5.41, 5.74) is 1.24. The number of carbonyl (C=O) groups excluding carboxylic acids is 3. The number of ketones is 1. The molecule has 4 atom stereocenters. The fraction of sp³-hybridized carbons (Fsp3) is 0.229. The van der Waals surface area contributed by atoms with Crippen LogP contribution < -0.4 is 9.80 Å². The smallest absolute Gasteiger partial charge is 0.313 e. The number of benzene rings is 4. The number of fused-ring (bicyclic) bond motifs is 6. The summed E-state index contributed by atoms with van der Waals surface area (Å²) in [6.45, 7) is 1.96. The third-order valence-electron chi connectivity index (χ3n) is 8.55. The van der Waals surface area contributed by atoms with Gasteiger partial charge in [0.05, 0.1) is 24.2 Å². The number of nitrogens with zero attached hydrogens (tertiary/aromatic N) is 2. The third-order valence-corrected chi connectivity index (χ3v) is 10.2. The van der Waals surface area contributed by atoms with Gasteiger partial charge in [0.15, 0.2) is 5.78 Å². The van der Waals surface area contributed by atoms with Crippen molar-refractivity contribution in [3.05, 3.63) is 125 Å². The van der Waals surface area contributed by atoms with E-state index in [9.17, 15) is 9.59 Å². The summed E-state index contributed by atoms with van der Waals surface area (Å²) in [6, 6.07) is 26.7. The molecule has 1 spiro atoms. The molecule has 3 heterocycles. The lowest BCUT2D eigenvalue weighted by molar-refractivity contribution is -0.152. The zero-order chi connectivity index (χ0) is 32.6. The molecule has 0 N–H and O–H groups in total. The lowest BCUT2D eigenvalue weighted by Gasteiger charge is -2.33. The number of Topliss-reactive ketones (excluding diaryl/α,β-unsaturated/α-hetero) is 1. The van der Waals surface area contributed by atoms with Crippen LogP contribution in [0.25, 0.3) is 0 Å². The first-order valence-corrected chi connectivity index (χ1v) is 16.9. The summed E-state index contributed by atoms with van der Waals surface area (Å²) >= 11 is 17.1. The highest BCUT2D eigenvalue weighted by atomic mass is 35.5. The third kappa shape index (κ3) is 5.25. The zero-order valence-corrected chi connectivity index (χ0v) is 27.6. The van der Waals surface area contributed by atoms with Gasteiger partial charge in [-0.3, -0.25) is 14.4 Å². The van der Waals surface area contributed by atoms with E-state index in [2.05, 4.69) is 0 Å². The molecule has 1 saturated heterocycles. The number of alkyl halides is 2. The normalized spacial score (nSPS) is 22.2. The molecule has 4 aromatic carbocycles. The van der Waals surface area contributed by atoms with E-state index in [1.807, 2.05) is 59.5 Å². The molecule has 3 aliphatic heterocycles. The minimum Gasteiger partial charge on any atom is -0.466 e. The van der Waals surface area contributed by atoms with Gasteiger partial charge in [0, 0.05) is 21.2 Å². The van der Waals surface area contributed by atoms with Crippen LogP contribution in [0.15, 0.2) is 102 Å². The molecule has 7 rings (SSSR count). The van der Waals surface area contributed by atoms with E-state index in [0.29, 0.717) is 21.8 Å². The minimum absolute atomic E-state index is 0.0552. The van der Waals surface area contributed by atoms with Gasteiger partial charge in [0.1, 0.15) is 28.6 Å². The summed E-state index contributed by atoms with van der Waals surface area (Å²) in [7, 11) is 0. The standard InChI is InChI=1S/C34H26ClFN2O4S.CH2Cl2/c1-2-42-31(40)28-29(30(39)21-12-14-22(35)15-13-21)38-26-10-6-7-11-27(26)43-33(38)34(28)24-18-23(36)16-17-25(24)37(32(34)41)19-20-8-4-3-5-9-20;2-1-3/h3-18,28-29,33H,2,19H2,1H3;1H2/t28-,29-,33+,34+;/m1./s1. The van der Waals surface area contributed by atoms with Gasteiger partial charge in [-0.1, -0.05) is 65.8 Å². The van der Waals surface area contributed by atoms with Gasteiger partial charge >= 0.3 is 5.97 Å². The summed E-state index contributed by atoms with van der Waals surface area (Å²) in [5, 5.41) is -0.0531. The van der Waals surface area contributed by atoms with E-state index in [-0.39, 0.29) is 30.2 Å². The molecule has 0 radical (unpaired) electrons. The Balaban J connectivity index is 0.00000119. The predicted octanol–water partition coefficient (Wildman–Crippen LogP) is 8.07. The molecular weight excluding hydrogens is 670 g/mol. The molecule has 1 fully saturated rings. The summed E-state index contributed by atoms with van der Waals surface area (Å²) < 4.78 is 20.8. The maximum absolute atomic E-state index is 15.2. The number of para-hydroxylation sites is 1. The van der Waals surface area contributed by atoms with Crippen LogP contribution in [0.1, 0.15) is 28.4 Å². The first kappa shape index (κ1) is 32.4. The Morgan fingerprint density at radius 3 is 2.30 bits per heavy atom. The number of rotatable bonds is 6. The fourth-order valence-electron chi connectivity index (χ4n) is 6.84. The highest BCUT2D eigenvalue weighted by Crippen LogP contribution is 2.65. The number of amides is 1. The summed E-state index contributed by atoms with van der Waals surface area (Å²) in [5.74, 6) is -3.17. The van der Waals surface area contributed by atoms with Gasteiger partial charge in [-0.05, 0) is 72.6 Å². The second-order valence-corrected chi connectivity index (χ2v) is 13.3. The SMILES string of the molecule is CCOC(=O)[C@H]1[C@H](C(=O)c2ccc(Cl)cc2)N2c3ccccc3S[C@H]2[C@]12C(=O)N(Cc1ccccc1)c1ccc(F)cc12.ClCCl. The molecule has 0 unspecified atom stereocenters. The monoisotopic (exact) mass is 696 g/mol. The second kappa shape index (κ2) is 13.3. The minimum atomic E-state index is -1.62. The topological polar surface area (TPSA) is 66.9 Å². The largest absolute Gasteiger partial charge is 0.466 e. The van der Waals surface area contributed by atoms with Crippen LogP contribution in [0.3, 0.4) is 0 Å². The maximum atomic E-state index is 15.2. The lowest BCUT2D eigenvalue weighted by Crippen LogP contribution is -2.53. The Morgan fingerprint density at radius 1 is 0.935 bits per heavy atom. The molecule has 236 valence electrons. The second-order valence-electron chi connectivity index (χ2n) is 10.9. The van der Waals surface area contributed by atoms with Gasteiger partial charge in [-0.25, -0.2) is 4.39 Å². The number of carbonyl (C=O) groups is 3. The van der Waals surface area contributed by atoms with Gasteiger partial charge in [0.2, 0.25) is 5.91 Å². The van der Waals surface area contributed by atoms with Crippen molar-refractivity contribution >= 4 is 75.6 Å². The lowest BCUT2D eigenvalue weighted by atomic mass is 9.69. The maximum Gasteiger partial charge on any atom is 0.313 e. The first-order valence-electron chi connectivity index (χ1n) is 14.6. The van der Waals surface area contributed by atoms with Crippen LogP contribution in [0, 0.1) is 11.7 Å². The van der Waals surface area contributed by atoms with Crippen LogP contribution in [-0.2, 0) is 26.3 Å². The van der Waals surface area contributed by atoms with Crippen molar-refractivity contribution in [2.24, 2.45) is 5.92 Å². The average Bonchev–Trinajstić information content (AvgIpc) is 3.65. The van der Waals surface area contributed by atoms with Gasteiger partial charge in [0.25, 0.3) is 0 Å². The highest BCUT2D eigenvalue weighted by molar-refractivity contribution is 8.00. The van der Waals surface area contributed by atoms with Crippen molar-refractivity contribution in [3.8, 4) is 0 Å². The van der Waals surface area contributed by atoms with E-state index >= 15 is 9.18 Å². The molecule has 6 nitrogen and oxygen atoms in total. The van der Waals surface area contributed by atoms with Crippen molar-refractivity contribution < 1.29 is 23.5 Å². The number of halogens is 4. The van der Waals surface area contributed by atoms with Gasteiger partial charge < -0.3 is 14.5 Å². The van der Waals surface area contributed by atoms with E-state index in [0.717, 1.165) is 16.1 Å². The Hall–Kier alpha value is -3.56. The fourth-order valence-corrected chi connectivity index (χ4v) is 8.58. The quantitative estimate of drug-likeness (QED) is 0.115. The molecule has 46 heavy (non-hydrogen) atoms. The Morgan fingerprint density at radius 2 is 1.61 bits per heavy atom. The van der Waals surface area contributed by atoms with E-state index in [4.69, 9.17) is 39.5 Å². The van der Waals surface area contributed by atoms with Crippen LogP contribution in [0.5, 0.6) is 0 Å². The number of ether oxygens (including phenoxy) is 1. The van der Waals surface area contributed by atoms with Crippen molar-refractivity contribution in [1.29, 1.82) is 0 Å². The number of hydrogen-bond acceptors (Lipinski definition) is 6. The molecule has 0 saturated carbocycles. The highest BCUT2D eigenvalue weighted by Gasteiger charge is 2.74. The van der Waals surface area contributed by atoms with E-state index in [1.165, 1.54) is 23.9 Å². The number of hydrogen-bond donors (Lipinski definition) is 0. The molecule has 11 heteroatoms. The van der Waals surface area contributed by atoms with Crippen molar-refractivity contribution in [2.45, 2.75) is 35.2 Å². The van der Waals surface area contributed by atoms with E-state index in [1.54, 1.807) is 42.2 Å². The molecular formula is C35H28Cl3FN2O4S. The Kier molecular flexibility index (Phi) is 9.35. The number of esters is 1. The number of thioether (sulfide) groups is 1. The molecule has 0 aliphatic carbocycles. The van der Waals surface area contributed by atoms with Crippen LogP contribution >= 0.6 is 46.6 Å². The number of anilines is 2. The summed E-state index contributed by atoms with van der Waals surface area (Å²) in [4.78, 5) is 48.2. The predicted molar refractivity (Wildman–Crippen MR) is 181 cm³/mol. The average molecular weight is 698 g/mol. The molecule has 1 amide bonds. The molecule has 0 bridgehead atoms. The molecule has 3 aliphatic rings. The van der Waals surface area contributed by atoms with Gasteiger partial charge in [-0.2, -0.15) is 0 Å². The zero-order valence-electron chi connectivity index (χ0n) is 24.5. The van der Waals surface area contributed by atoms with Gasteiger partial charge in [-0.15, -0.1) is 23.2 Å². The van der Waals surface area contributed by atoms with Crippen LogP contribution in [0.4, 0.5) is 15.8 Å². The van der Waals surface area contributed by atoms with Crippen LogP contribution in [-0.4, -0.2) is 41.0 Å². The van der Waals surface area contributed by atoms with Crippen LogP contribution in [0.2, 0.25) is 5.02 Å². The first-order chi connectivity index (χ1) is 22.3.